The van der Waals surface area contributed by atoms with E-state index in [0.717, 1.165) is 12.0 Å². The topological polar surface area (TPSA) is 46.5 Å². The van der Waals surface area contributed by atoms with Gasteiger partial charge in [-0.05, 0) is 24.8 Å². The van der Waals surface area contributed by atoms with Crippen molar-refractivity contribution >= 4 is 5.97 Å². The van der Waals surface area contributed by atoms with Gasteiger partial charge in [-0.3, -0.25) is 4.79 Å². The lowest BCUT2D eigenvalue weighted by atomic mass is 9.76. The normalized spacial score (nSPS) is 28.7. The van der Waals surface area contributed by atoms with Crippen molar-refractivity contribution in [3.63, 3.8) is 0 Å². The molecule has 0 saturated heterocycles. The predicted octanol–water partition coefficient (Wildman–Crippen LogP) is 2.10. The summed E-state index contributed by atoms with van der Waals surface area (Å²) in [5.74, 6) is -0.180. The second-order valence-corrected chi connectivity index (χ2v) is 4.62. The Morgan fingerprint density at radius 1 is 1.29 bits per heavy atom. The molecule has 1 N–H and O–H groups in total. The minimum atomic E-state index is -0.349. The first kappa shape index (κ1) is 12.1. The minimum Gasteiger partial charge on any atom is -0.469 e. The zero-order valence-corrected chi connectivity index (χ0v) is 10.0. The number of carbonyl (C=O) groups is 1. The monoisotopic (exact) mass is 234 g/mol. The van der Waals surface area contributed by atoms with Crippen LogP contribution in [0.3, 0.4) is 0 Å². The third-order valence-electron chi connectivity index (χ3n) is 3.58. The fraction of sp³-hybridized carbons (Fsp3) is 0.500. The van der Waals surface area contributed by atoms with Crippen LogP contribution in [0.15, 0.2) is 30.3 Å². The Hall–Kier alpha value is -1.35. The molecule has 0 bridgehead atoms. The molecule has 1 fully saturated rings. The standard InChI is InChI=1S/C14H18O3/c1-17-14(16)11-7-8-13(15)12(9-11)10-5-3-2-4-6-10/h2-6,11-13,15H,7-9H2,1H3/t11-,12-,13+/m1/s1. The average Bonchev–Trinajstić information content (AvgIpc) is 2.39. The van der Waals surface area contributed by atoms with E-state index in [2.05, 4.69) is 0 Å². The van der Waals surface area contributed by atoms with Gasteiger partial charge >= 0.3 is 5.97 Å². The molecule has 3 atom stereocenters. The molecule has 0 aromatic heterocycles. The molecule has 1 aliphatic rings. The summed E-state index contributed by atoms with van der Waals surface area (Å²) in [6.07, 6.45) is 1.72. The summed E-state index contributed by atoms with van der Waals surface area (Å²) in [4.78, 5) is 11.5. The lowest BCUT2D eigenvalue weighted by Crippen LogP contribution is -2.31. The molecule has 0 radical (unpaired) electrons. The van der Waals surface area contributed by atoms with E-state index in [1.807, 2.05) is 30.3 Å². The number of rotatable bonds is 2. The number of aliphatic hydroxyl groups excluding tert-OH is 1. The molecule has 1 saturated carbocycles. The van der Waals surface area contributed by atoms with Crippen molar-refractivity contribution in [3.8, 4) is 0 Å². The summed E-state index contributed by atoms with van der Waals surface area (Å²) in [5, 5.41) is 10.0. The minimum absolute atomic E-state index is 0.0500. The Morgan fingerprint density at radius 2 is 2.00 bits per heavy atom. The highest BCUT2D eigenvalue weighted by atomic mass is 16.5. The molecule has 17 heavy (non-hydrogen) atoms. The van der Waals surface area contributed by atoms with Gasteiger partial charge in [-0.25, -0.2) is 0 Å². The number of carbonyl (C=O) groups excluding carboxylic acids is 1. The second-order valence-electron chi connectivity index (χ2n) is 4.62. The van der Waals surface area contributed by atoms with Gasteiger partial charge in [0.25, 0.3) is 0 Å². The van der Waals surface area contributed by atoms with Crippen LogP contribution in [0, 0.1) is 5.92 Å². The highest BCUT2D eigenvalue weighted by Gasteiger charge is 2.34. The van der Waals surface area contributed by atoms with Crippen molar-refractivity contribution in [2.75, 3.05) is 7.11 Å². The Balaban J connectivity index is 2.13. The number of methoxy groups -OCH3 is 1. The average molecular weight is 234 g/mol. The van der Waals surface area contributed by atoms with Gasteiger partial charge in [0.2, 0.25) is 0 Å². The van der Waals surface area contributed by atoms with Crippen LogP contribution in [0.2, 0.25) is 0 Å². The number of hydrogen-bond donors (Lipinski definition) is 1. The van der Waals surface area contributed by atoms with Crippen LogP contribution in [-0.4, -0.2) is 24.3 Å². The summed E-state index contributed by atoms with van der Waals surface area (Å²) < 4.78 is 4.79. The molecule has 0 unspecified atom stereocenters. The van der Waals surface area contributed by atoms with Crippen molar-refractivity contribution in [1.82, 2.24) is 0 Å². The molecule has 1 aliphatic carbocycles. The second kappa shape index (κ2) is 5.32. The van der Waals surface area contributed by atoms with Crippen molar-refractivity contribution in [1.29, 1.82) is 0 Å². The lowest BCUT2D eigenvalue weighted by Gasteiger charge is -2.32. The van der Waals surface area contributed by atoms with Crippen LogP contribution in [-0.2, 0) is 9.53 Å². The van der Waals surface area contributed by atoms with E-state index in [1.54, 1.807) is 0 Å². The number of esters is 1. The zero-order valence-electron chi connectivity index (χ0n) is 10.0. The van der Waals surface area contributed by atoms with Gasteiger partial charge < -0.3 is 9.84 Å². The van der Waals surface area contributed by atoms with Crippen LogP contribution in [0.25, 0.3) is 0 Å². The highest BCUT2D eigenvalue weighted by Crippen LogP contribution is 2.36. The molecule has 2 rings (SSSR count). The van der Waals surface area contributed by atoms with E-state index in [4.69, 9.17) is 4.74 Å². The SMILES string of the molecule is COC(=O)[C@@H]1CC[C@H](O)[C@@H](c2ccccc2)C1. The predicted molar refractivity (Wildman–Crippen MR) is 64.5 cm³/mol. The summed E-state index contributed by atoms with van der Waals surface area (Å²) in [5.41, 5.74) is 1.11. The third-order valence-corrected chi connectivity index (χ3v) is 3.58. The van der Waals surface area contributed by atoms with Gasteiger partial charge in [-0.15, -0.1) is 0 Å². The van der Waals surface area contributed by atoms with Gasteiger partial charge in [0.15, 0.2) is 0 Å². The smallest absolute Gasteiger partial charge is 0.308 e. The van der Waals surface area contributed by atoms with Crippen molar-refractivity contribution in [3.05, 3.63) is 35.9 Å². The first-order valence-electron chi connectivity index (χ1n) is 6.03. The van der Waals surface area contributed by atoms with Crippen molar-refractivity contribution in [2.45, 2.75) is 31.3 Å². The van der Waals surface area contributed by atoms with E-state index in [9.17, 15) is 9.90 Å². The Labute approximate surface area is 101 Å². The van der Waals surface area contributed by atoms with E-state index in [1.165, 1.54) is 7.11 Å². The van der Waals surface area contributed by atoms with Crippen molar-refractivity contribution in [2.24, 2.45) is 5.92 Å². The number of ether oxygens (including phenoxy) is 1. The summed E-state index contributed by atoms with van der Waals surface area (Å²) in [7, 11) is 1.42. The summed E-state index contributed by atoms with van der Waals surface area (Å²) in [6, 6.07) is 9.89. The molecule has 3 heteroatoms. The van der Waals surface area contributed by atoms with E-state index in [-0.39, 0.29) is 23.9 Å². The Bertz CT molecular complexity index is 374. The Morgan fingerprint density at radius 3 is 2.65 bits per heavy atom. The number of benzene rings is 1. The summed E-state index contributed by atoms with van der Waals surface area (Å²) >= 11 is 0. The third kappa shape index (κ3) is 2.67. The van der Waals surface area contributed by atoms with Crippen LogP contribution in [0.5, 0.6) is 0 Å². The van der Waals surface area contributed by atoms with Crippen LogP contribution in [0.1, 0.15) is 30.7 Å². The molecule has 0 aliphatic heterocycles. The Kier molecular flexibility index (Phi) is 3.79. The van der Waals surface area contributed by atoms with Gasteiger partial charge in [0, 0.05) is 5.92 Å². The molecule has 1 aromatic rings. The molecule has 0 amide bonds. The maximum Gasteiger partial charge on any atom is 0.308 e. The fourth-order valence-corrected chi connectivity index (χ4v) is 2.59. The molecule has 3 nitrogen and oxygen atoms in total. The lowest BCUT2D eigenvalue weighted by molar-refractivity contribution is -0.147. The van der Waals surface area contributed by atoms with Crippen LogP contribution >= 0.6 is 0 Å². The summed E-state index contributed by atoms with van der Waals surface area (Å²) in [6.45, 7) is 0. The maximum atomic E-state index is 11.5. The first-order chi connectivity index (χ1) is 8.22. The first-order valence-corrected chi connectivity index (χ1v) is 6.03. The highest BCUT2D eigenvalue weighted by molar-refractivity contribution is 5.72. The van der Waals surface area contributed by atoms with Crippen LogP contribution < -0.4 is 0 Å². The van der Waals surface area contributed by atoms with Gasteiger partial charge in [-0.2, -0.15) is 0 Å². The van der Waals surface area contributed by atoms with Gasteiger partial charge in [-0.1, -0.05) is 30.3 Å². The maximum absolute atomic E-state index is 11.5. The van der Waals surface area contributed by atoms with E-state index < -0.39 is 0 Å². The largest absolute Gasteiger partial charge is 0.469 e. The zero-order chi connectivity index (χ0) is 12.3. The van der Waals surface area contributed by atoms with E-state index >= 15 is 0 Å². The number of aliphatic hydroxyl groups is 1. The molecule has 1 aromatic carbocycles. The molecular formula is C14H18O3. The molecule has 0 heterocycles. The quantitative estimate of drug-likeness (QED) is 0.797. The molecule has 92 valence electrons. The van der Waals surface area contributed by atoms with Gasteiger partial charge in [0.05, 0.1) is 19.1 Å². The van der Waals surface area contributed by atoms with Crippen molar-refractivity contribution < 1.29 is 14.6 Å². The van der Waals surface area contributed by atoms with Gasteiger partial charge in [0.1, 0.15) is 0 Å². The fourth-order valence-electron chi connectivity index (χ4n) is 2.59. The van der Waals surface area contributed by atoms with Crippen LogP contribution in [0.4, 0.5) is 0 Å². The molecular weight excluding hydrogens is 216 g/mol. The molecule has 0 spiro atoms. The van der Waals surface area contributed by atoms with E-state index in [0.29, 0.717) is 12.8 Å². The number of hydrogen-bond acceptors (Lipinski definition) is 3.